The Labute approximate surface area is 218 Å². The number of anilines is 1. The maximum Gasteiger partial charge on any atom is 0.338 e. The highest BCUT2D eigenvalue weighted by Gasteiger charge is 2.21. The fourth-order valence-corrected chi connectivity index (χ4v) is 4.42. The van der Waals surface area contributed by atoms with E-state index in [0.29, 0.717) is 17.9 Å². The van der Waals surface area contributed by atoms with Crippen molar-refractivity contribution in [2.45, 2.75) is 6.10 Å². The minimum atomic E-state index is -0.596. The maximum absolute atomic E-state index is 12.3. The molecule has 194 valence electrons. The van der Waals surface area contributed by atoms with Crippen molar-refractivity contribution in [1.29, 1.82) is 0 Å². The third-order valence-electron chi connectivity index (χ3n) is 6.39. The van der Waals surface area contributed by atoms with Gasteiger partial charge in [-0.05, 0) is 41.5 Å². The van der Waals surface area contributed by atoms with Gasteiger partial charge in [0.15, 0.2) is 0 Å². The Morgan fingerprint density at radius 2 is 1.59 bits per heavy atom. The Balaban J connectivity index is 1.27. The molecule has 0 spiro atoms. The van der Waals surface area contributed by atoms with Crippen LogP contribution in [0.2, 0.25) is 0 Å². The van der Waals surface area contributed by atoms with Crippen LogP contribution in [0.25, 0.3) is 11.6 Å². The molecule has 0 bridgehead atoms. The molecule has 0 aliphatic carbocycles. The van der Waals surface area contributed by atoms with E-state index < -0.39 is 12.1 Å². The lowest BCUT2D eigenvalue weighted by Gasteiger charge is -2.37. The first-order chi connectivity index (χ1) is 18.1. The number of nitrogens with zero attached hydrogens (tertiary/aromatic N) is 2. The molecular formula is C30H34N2O5. The van der Waals surface area contributed by atoms with Gasteiger partial charge in [-0.25, -0.2) is 4.79 Å². The van der Waals surface area contributed by atoms with Gasteiger partial charge < -0.3 is 24.2 Å². The van der Waals surface area contributed by atoms with Crippen LogP contribution in [-0.4, -0.2) is 75.6 Å². The summed E-state index contributed by atoms with van der Waals surface area (Å²) in [4.78, 5) is 16.9. The van der Waals surface area contributed by atoms with Crippen molar-refractivity contribution in [1.82, 2.24) is 4.90 Å². The van der Waals surface area contributed by atoms with E-state index in [1.807, 2.05) is 72.8 Å². The van der Waals surface area contributed by atoms with E-state index in [2.05, 4.69) is 15.9 Å². The van der Waals surface area contributed by atoms with Crippen molar-refractivity contribution in [3.8, 4) is 11.5 Å². The van der Waals surface area contributed by atoms with E-state index in [4.69, 9.17) is 14.2 Å². The molecule has 1 heterocycles. The van der Waals surface area contributed by atoms with Crippen molar-refractivity contribution in [2.24, 2.45) is 0 Å². The second-order valence-corrected chi connectivity index (χ2v) is 8.91. The van der Waals surface area contributed by atoms with Gasteiger partial charge in [0.05, 0.1) is 25.5 Å². The molecule has 0 saturated carbocycles. The maximum atomic E-state index is 12.3. The largest absolute Gasteiger partial charge is 0.495 e. The van der Waals surface area contributed by atoms with Gasteiger partial charge in [0.2, 0.25) is 0 Å². The van der Waals surface area contributed by atoms with Crippen molar-refractivity contribution in [3.05, 3.63) is 90.0 Å². The average molecular weight is 503 g/mol. The van der Waals surface area contributed by atoms with Crippen LogP contribution >= 0.6 is 0 Å². The molecule has 1 fully saturated rings. The predicted octanol–water partition coefficient (Wildman–Crippen LogP) is 3.97. The molecule has 1 aliphatic heterocycles. The highest BCUT2D eigenvalue weighted by molar-refractivity contribution is 6.21. The van der Waals surface area contributed by atoms with Crippen LogP contribution in [-0.2, 0) is 9.53 Å². The summed E-state index contributed by atoms with van der Waals surface area (Å²) in [5.41, 5.74) is 3.24. The third-order valence-corrected chi connectivity index (χ3v) is 6.39. The molecule has 1 saturated heterocycles. The lowest BCUT2D eigenvalue weighted by Crippen LogP contribution is -2.49. The number of carbonyl (C=O) groups is 1. The second kappa shape index (κ2) is 12.9. The predicted molar refractivity (Wildman–Crippen MR) is 146 cm³/mol. The van der Waals surface area contributed by atoms with E-state index in [9.17, 15) is 9.90 Å². The molecule has 1 unspecified atom stereocenters. The summed E-state index contributed by atoms with van der Waals surface area (Å²) < 4.78 is 16.3. The topological polar surface area (TPSA) is 71.5 Å². The van der Waals surface area contributed by atoms with E-state index in [1.54, 1.807) is 13.2 Å². The number of methoxy groups -OCH3 is 2. The highest BCUT2D eigenvalue weighted by atomic mass is 16.5. The Hall–Kier alpha value is -3.81. The van der Waals surface area contributed by atoms with E-state index in [0.717, 1.165) is 48.7 Å². The Morgan fingerprint density at radius 3 is 2.27 bits per heavy atom. The van der Waals surface area contributed by atoms with Crippen LogP contribution < -0.4 is 14.4 Å². The number of carbonyl (C=O) groups excluding carboxylic acids is 1. The fraction of sp³-hybridized carbons (Fsp3) is 0.300. The summed E-state index contributed by atoms with van der Waals surface area (Å²) in [5, 5.41) is 10.6. The highest BCUT2D eigenvalue weighted by Crippen LogP contribution is 2.28. The number of rotatable bonds is 10. The average Bonchev–Trinajstić information content (AvgIpc) is 2.96. The molecule has 0 amide bonds. The molecule has 3 aromatic carbocycles. The number of hydrogen-bond acceptors (Lipinski definition) is 7. The van der Waals surface area contributed by atoms with Crippen LogP contribution in [0.4, 0.5) is 5.69 Å². The molecule has 1 atom stereocenters. The monoisotopic (exact) mass is 502 g/mol. The summed E-state index contributed by atoms with van der Waals surface area (Å²) in [6.45, 7) is 4.23. The number of β-amino-alcohol motifs (C(OH)–C–C–N with tert-alkyl or cyclic N) is 1. The summed E-state index contributed by atoms with van der Waals surface area (Å²) in [6, 6.07) is 24.9. The van der Waals surface area contributed by atoms with Gasteiger partial charge in [-0.15, -0.1) is 0 Å². The van der Waals surface area contributed by atoms with E-state index in [-0.39, 0.29) is 6.61 Å². The molecule has 0 aromatic heterocycles. The normalized spacial score (nSPS) is 15.2. The zero-order chi connectivity index (χ0) is 26.0. The number of para-hydroxylation sites is 2. The Morgan fingerprint density at radius 1 is 0.919 bits per heavy atom. The minimum Gasteiger partial charge on any atom is -0.495 e. The Bertz CT molecular complexity index is 1170. The fourth-order valence-electron chi connectivity index (χ4n) is 4.42. The van der Waals surface area contributed by atoms with Crippen LogP contribution in [0.1, 0.15) is 11.1 Å². The smallest absolute Gasteiger partial charge is 0.338 e. The first-order valence-electron chi connectivity index (χ1n) is 12.4. The van der Waals surface area contributed by atoms with Gasteiger partial charge in [-0.2, -0.15) is 0 Å². The molecule has 7 nitrogen and oxygen atoms in total. The van der Waals surface area contributed by atoms with Gasteiger partial charge in [0.1, 0.15) is 24.2 Å². The number of ether oxygens (including phenoxy) is 3. The molecule has 37 heavy (non-hydrogen) atoms. The van der Waals surface area contributed by atoms with Crippen LogP contribution in [0.15, 0.2) is 78.9 Å². The first kappa shape index (κ1) is 26.3. The van der Waals surface area contributed by atoms with Crippen LogP contribution in [0.5, 0.6) is 11.5 Å². The standard InChI is InChI=1S/C30H34N2O5/c1-35-29-11-7-6-10-28(29)32-18-16-31(17-19-32)21-25(33)22-37-26-14-12-23(13-15-26)20-27(30(34)36-2)24-8-4-3-5-9-24/h3-15,20,25,33H,16-19,21-22H2,1-2H3. The molecular weight excluding hydrogens is 468 g/mol. The van der Waals surface area contributed by atoms with Gasteiger partial charge in [0.25, 0.3) is 0 Å². The summed E-state index contributed by atoms with van der Waals surface area (Å²) >= 11 is 0. The van der Waals surface area contributed by atoms with Crippen LogP contribution in [0.3, 0.4) is 0 Å². The molecule has 1 N–H and O–H groups in total. The van der Waals surface area contributed by atoms with Gasteiger partial charge in [-0.3, -0.25) is 4.90 Å². The van der Waals surface area contributed by atoms with Crippen molar-refractivity contribution >= 4 is 23.3 Å². The minimum absolute atomic E-state index is 0.208. The zero-order valence-corrected chi connectivity index (χ0v) is 21.4. The lowest BCUT2D eigenvalue weighted by molar-refractivity contribution is -0.133. The number of esters is 1. The van der Waals surface area contributed by atoms with E-state index >= 15 is 0 Å². The number of hydrogen-bond donors (Lipinski definition) is 1. The third kappa shape index (κ3) is 7.12. The molecule has 7 heteroatoms. The zero-order valence-electron chi connectivity index (χ0n) is 21.4. The molecule has 3 aromatic rings. The summed E-state index contributed by atoms with van der Waals surface area (Å²) in [5.74, 6) is 1.15. The van der Waals surface area contributed by atoms with E-state index in [1.165, 1.54) is 7.11 Å². The number of benzene rings is 3. The van der Waals surface area contributed by atoms with Gasteiger partial charge in [-0.1, -0.05) is 54.6 Å². The Kier molecular flexibility index (Phi) is 9.18. The number of aliphatic hydroxyl groups excluding tert-OH is 1. The van der Waals surface area contributed by atoms with Crippen molar-refractivity contribution in [2.75, 3.05) is 58.5 Å². The summed E-state index contributed by atoms with van der Waals surface area (Å²) in [6.07, 6.45) is 1.20. The molecule has 0 radical (unpaired) electrons. The lowest BCUT2D eigenvalue weighted by atomic mass is 10.0. The number of aliphatic hydroxyl groups is 1. The first-order valence-corrected chi connectivity index (χ1v) is 12.4. The number of piperazine rings is 1. The molecule has 4 rings (SSSR count). The quantitative estimate of drug-likeness (QED) is 0.256. The second-order valence-electron chi connectivity index (χ2n) is 8.91. The van der Waals surface area contributed by atoms with Crippen LogP contribution in [0, 0.1) is 0 Å². The SMILES string of the molecule is COC(=O)C(=Cc1ccc(OCC(O)CN2CCN(c3ccccc3OC)CC2)cc1)c1ccccc1. The van der Waals surface area contributed by atoms with Gasteiger partial charge in [0, 0.05) is 32.7 Å². The van der Waals surface area contributed by atoms with Crippen molar-refractivity contribution in [3.63, 3.8) is 0 Å². The van der Waals surface area contributed by atoms with Crippen molar-refractivity contribution < 1.29 is 24.1 Å². The summed E-state index contributed by atoms with van der Waals surface area (Å²) in [7, 11) is 3.07. The van der Waals surface area contributed by atoms with Gasteiger partial charge >= 0.3 is 5.97 Å². The molecule has 1 aliphatic rings.